The van der Waals surface area contributed by atoms with Crippen LogP contribution in [0.4, 0.5) is 13.9 Å². The Labute approximate surface area is 171 Å². The van der Waals surface area contributed by atoms with E-state index in [1.165, 1.54) is 22.3 Å². The number of benzene rings is 2. The third-order valence-electron chi connectivity index (χ3n) is 4.37. The summed E-state index contributed by atoms with van der Waals surface area (Å²) >= 11 is 7.56. The summed E-state index contributed by atoms with van der Waals surface area (Å²) in [6.07, 6.45) is 0.706. The third kappa shape index (κ3) is 4.32. The van der Waals surface area contributed by atoms with Crippen LogP contribution in [0.2, 0.25) is 5.02 Å². The van der Waals surface area contributed by atoms with E-state index < -0.39 is 17.5 Å². The van der Waals surface area contributed by atoms with Gasteiger partial charge in [0.1, 0.15) is 0 Å². The molecule has 0 aliphatic heterocycles. The fourth-order valence-electron chi connectivity index (χ4n) is 2.82. The number of anilines is 1. The van der Waals surface area contributed by atoms with E-state index in [4.69, 9.17) is 11.6 Å². The molecule has 8 heteroatoms. The molecule has 4 nitrogen and oxygen atoms in total. The predicted octanol–water partition coefficient (Wildman–Crippen LogP) is 5.13. The number of fused-ring (bicyclic) bond motifs is 1. The SMILES string of the molecule is Cc1c(Cl)ccc2sc(N(CCCN(C)C)C(=O)c3ccc(F)c(F)c3)nc12. The maximum absolute atomic E-state index is 13.6. The molecule has 1 heterocycles. The Kier molecular flexibility index (Phi) is 6.27. The van der Waals surface area contributed by atoms with Crippen molar-refractivity contribution in [3.05, 3.63) is 58.1 Å². The van der Waals surface area contributed by atoms with Crippen molar-refractivity contribution in [2.75, 3.05) is 32.1 Å². The lowest BCUT2D eigenvalue weighted by molar-refractivity contribution is 0.0985. The summed E-state index contributed by atoms with van der Waals surface area (Å²) < 4.78 is 27.8. The summed E-state index contributed by atoms with van der Waals surface area (Å²) in [7, 11) is 3.90. The van der Waals surface area contributed by atoms with Crippen LogP contribution in [0.3, 0.4) is 0 Å². The van der Waals surface area contributed by atoms with Gasteiger partial charge in [-0.15, -0.1) is 0 Å². The summed E-state index contributed by atoms with van der Waals surface area (Å²) in [5.41, 5.74) is 1.66. The van der Waals surface area contributed by atoms with Crippen LogP contribution in [-0.4, -0.2) is 43.0 Å². The Morgan fingerprint density at radius 2 is 1.89 bits per heavy atom. The van der Waals surface area contributed by atoms with Gasteiger partial charge in [-0.25, -0.2) is 13.8 Å². The highest BCUT2D eigenvalue weighted by Crippen LogP contribution is 2.34. The highest BCUT2D eigenvalue weighted by Gasteiger charge is 2.23. The Bertz CT molecular complexity index is 1020. The van der Waals surface area contributed by atoms with E-state index >= 15 is 0 Å². The zero-order valence-electron chi connectivity index (χ0n) is 15.8. The number of rotatable bonds is 6. The molecule has 1 amide bonds. The van der Waals surface area contributed by atoms with Crippen LogP contribution in [-0.2, 0) is 0 Å². The van der Waals surface area contributed by atoms with Gasteiger partial charge < -0.3 is 4.90 Å². The number of carbonyl (C=O) groups is 1. The first kappa shape index (κ1) is 20.6. The molecule has 3 aromatic rings. The molecule has 0 aliphatic rings. The molecular weight excluding hydrogens is 404 g/mol. The van der Waals surface area contributed by atoms with Crippen LogP contribution in [0.5, 0.6) is 0 Å². The van der Waals surface area contributed by atoms with E-state index in [0.717, 1.165) is 34.5 Å². The lowest BCUT2D eigenvalue weighted by Crippen LogP contribution is -2.33. The van der Waals surface area contributed by atoms with Gasteiger partial charge in [-0.3, -0.25) is 9.69 Å². The van der Waals surface area contributed by atoms with Gasteiger partial charge in [0.15, 0.2) is 16.8 Å². The zero-order valence-corrected chi connectivity index (χ0v) is 17.4. The van der Waals surface area contributed by atoms with Crippen molar-refractivity contribution >= 4 is 44.2 Å². The molecule has 28 heavy (non-hydrogen) atoms. The van der Waals surface area contributed by atoms with Gasteiger partial charge in [0.2, 0.25) is 0 Å². The number of nitrogens with zero attached hydrogens (tertiary/aromatic N) is 3. The minimum absolute atomic E-state index is 0.0813. The van der Waals surface area contributed by atoms with Crippen LogP contribution in [0.1, 0.15) is 22.3 Å². The number of amides is 1. The molecule has 0 spiro atoms. The van der Waals surface area contributed by atoms with Crippen molar-refractivity contribution in [3.8, 4) is 0 Å². The smallest absolute Gasteiger partial charge is 0.260 e. The maximum atomic E-state index is 13.6. The fourth-order valence-corrected chi connectivity index (χ4v) is 4.02. The topological polar surface area (TPSA) is 36.4 Å². The largest absolute Gasteiger partial charge is 0.309 e. The molecule has 1 aromatic heterocycles. The number of aryl methyl sites for hydroxylation is 1. The summed E-state index contributed by atoms with van der Waals surface area (Å²) in [6, 6.07) is 6.84. The maximum Gasteiger partial charge on any atom is 0.260 e. The highest BCUT2D eigenvalue weighted by atomic mass is 35.5. The van der Waals surface area contributed by atoms with Crippen molar-refractivity contribution in [3.63, 3.8) is 0 Å². The lowest BCUT2D eigenvalue weighted by Gasteiger charge is -2.21. The van der Waals surface area contributed by atoms with Crippen molar-refractivity contribution < 1.29 is 13.6 Å². The summed E-state index contributed by atoms with van der Waals surface area (Å²) in [5.74, 6) is -2.45. The Hall–Kier alpha value is -2.09. The van der Waals surface area contributed by atoms with Crippen molar-refractivity contribution in [1.82, 2.24) is 9.88 Å². The molecule has 0 atom stereocenters. The number of hydrogen-bond donors (Lipinski definition) is 0. The van der Waals surface area contributed by atoms with Crippen LogP contribution in [0.15, 0.2) is 30.3 Å². The van der Waals surface area contributed by atoms with Crippen molar-refractivity contribution in [2.24, 2.45) is 0 Å². The predicted molar refractivity (Wildman–Crippen MR) is 111 cm³/mol. The van der Waals surface area contributed by atoms with E-state index in [0.29, 0.717) is 23.1 Å². The molecule has 0 unspecified atom stereocenters. The fraction of sp³-hybridized carbons (Fsp3) is 0.300. The number of carbonyl (C=O) groups excluding carboxylic acids is 1. The second-order valence-electron chi connectivity index (χ2n) is 6.76. The van der Waals surface area contributed by atoms with Crippen molar-refractivity contribution in [1.29, 1.82) is 0 Å². The van der Waals surface area contributed by atoms with E-state index in [9.17, 15) is 13.6 Å². The zero-order chi connectivity index (χ0) is 20.4. The second kappa shape index (κ2) is 8.51. The van der Waals surface area contributed by atoms with Gasteiger partial charge in [0.05, 0.1) is 10.2 Å². The van der Waals surface area contributed by atoms with Gasteiger partial charge in [-0.2, -0.15) is 0 Å². The Morgan fingerprint density at radius 3 is 2.57 bits per heavy atom. The first-order chi connectivity index (χ1) is 13.3. The van der Waals surface area contributed by atoms with Crippen LogP contribution < -0.4 is 4.90 Å². The minimum atomic E-state index is -1.05. The van der Waals surface area contributed by atoms with E-state index in [1.54, 1.807) is 6.07 Å². The van der Waals surface area contributed by atoms with E-state index in [-0.39, 0.29) is 5.56 Å². The third-order valence-corrected chi connectivity index (χ3v) is 5.82. The summed E-state index contributed by atoms with van der Waals surface area (Å²) in [5, 5.41) is 1.12. The Balaban J connectivity index is 1.99. The lowest BCUT2D eigenvalue weighted by atomic mass is 10.2. The Morgan fingerprint density at radius 1 is 1.14 bits per heavy atom. The van der Waals surface area contributed by atoms with Crippen LogP contribution in [0, 0.1) is 18.6 Å². The number of hydrogen-bond acceptors (Lipinski definition) is 4. The van der Waals surface area contributed by atoms with Gasteiger partial charge in [0, 0.05) is 17.1 Å². The molecule has 0 bridgehead atoms. The van der Waals surface area contributed by atoms with Crippen LogP contribution >= 0.6 is 22.9 Å². The average molecular weight is 424 g/mol. The normalized spacial score (nSPS) is 11.4. The molecule has 0 aliphatic carbocycles. The molecule has 3 rings (SSSR count). The first-order valence-corrected chi connectivity index (χ1v) is 9.94. The quantitative estimate of drug-likeness (QED) is 0.551. The standard InChI is InChI=1S/C20H20ClF2N3OS/c1-12-14(21)6-8-17-18(12)24-20(28-17)26(10-4-9-25(2)3)19(27)13-5-7-15(22)16(23)11-13/h5-8,11H,4,9-10H2,1-3H3. The van der Waals surface area contributed by atoms with Gasteiger partial charge in [0.25, 0.3) is 5.91 Å². The van der Waals surface area contributed by atoms with Gasteiger partial charge in [-0.1, -0.05) is 22.9 Å². The first-order valence-electron chi connectivity index (χ1n) is 8.75. The molecule has 0 saturated carbocycles. The molecule has 0 saturated heterocycles. The average Bonchev–Trinajstić information content (AvgIpc) is 3.08. The van der Waals surface area contributed by atoms with Crippen LogP contribution in [0.25, 0.3) is 10.2 Å². The molecule has 0 radical (unpaired) electrons. The number of thiazole rings is 1. The number of aromatic nitrogens is 1. The van der Waals surface area contributed by atoms with Gasteiger partial charge >= 0.3 is 0 Å². The molecule has 0 fully saturated rings. The monoisotopic (exact) mass is 423 g/mol. The van der Waals surface area contributed by atoms with Crippen molar-refractivity contribution in [2.45, 2.75) is 13.3 Å². The molecular formula is C20H20ClF2N3OS. The highest BCUT2D eigenvalue weighted by molar-refractivity contribution is 7.22. The molecule has 2 aromatic carbocycles. The molecule has 0 N–H and O–H groups in total. The summed E-state index contributed by atoms with van der Waals surface area (Å²) in [6.45, 7) is 3.06. The summed E-state index contributed by atoms with van der Waals surface area (Å²) in [4.78, 5) is 21.2. The van der Waals surface area contributed by atoms with E-state index in [2.05, 4.69) is 4.98 Å². The minimum Gasteiger partial charge on any atom is -0.309 e. The van der Waals surface area contributed by atoms with E-state index in [1.807, 2.05) is 32.0 Å². The second-order valence-corrected chi connectivity index (χ2v) is 8.17. The molecule has 148 valence electrons. The van der Waals surface area contributed by atoms with Gasteiger partial charge in [-0.05, 0) is 69.9 Å². The number of halogens is 3.